The first-order valence-electron chi connectivity index (χ1n) is 6.85. The van der Waals surface area contributed by atoms with E-state index in [9.17, 15) is 9.18 Å². The van der Waals surface area contributed by atoms with Crippen LogP contribution < -0.4 is 19.5 Å². The number of amides is 1. The smallest absolute Gasteiger partial charge is 0.265 e. The Morgan fingerprint density at radius 2 is 2.04 bits per heavy atom. The summed E-state index contributed by atoms with van der Waals surface area (Å²) in [6, 6.07) is 8.77. The zero-order chi connectivity index (χ0) is 16.4. The maximum absolute atomic E-state index is 13.0. The minimum atomic E-state index is -0.781. The van der Waals surface area contributed by atoms with Gasteiger partial charge in [-0.15, -0.1) is 0 Å². The second-order valence-electron chi connectivity index (χ2n) is 4.89. The second kappa shape index (κ2) is 6.34. The van der Waals surface area contributed by atoms with Crippen LogP contribution in [0, 0.1) is 5.82 Å². The molecule has 0 unspecified atom stereocenters. The van der Waals surface area contributed by atoms with Crippen molar-refractivity contribution in [3.63, 3.8) is 0 Å². The van der Waals surface area contributed by atoms with Gasteiger partial charge in [0.1, 0.15) is 11.6 Å². The van der Waals surface area contributed by atoms with Crippen molar-refractivity contribution in [1.29, 1.82) is 0 Å². The summed E-state index contributed by atoms with van der Waals surface area (Å²) in [5.41, 5.74) is 0.319. The second-order valence-corrected chi connectivity index (χ2v) is 5.30. The van der Waals surface area contributed by atoms with Crippen molar-refractivity contribution in [3.05, 3.63) is 47.2 Å². The lowest BCUT2D eigenvalue weighted by atomic mass is 10.2. The number of carbonyl (C=O) groups is 1. The maximum Gasteiger partial charge on any atom is 0.265 e. The highest BCUT2D eigenvalue weighted by Crippen LogP contribution is 2.35. The Kier molecular flexibility index (Phi) is 4.25. The van der Waals surface area contributed by atoms with E-state index in [1.54, 1.807) is 25.1 Å². The molecular formula is C16H13ClFNO4. The van der Waals surface area contributed by atoms with Crippen LogP contribution in [0.2, 0.25) is 5.02 Å². The molecule has 1 atom stereocenters. The van der Waals surface area contributed by atoms with Crippen LogP contribution in [0.5, 0.6) is 17.2 Å². The summed E-state index contributed by atoms with van der Waals surface area (Å²) in [6.07, 6.45) is -0.781. The molecule has 2 aromatic rings. The molecule has 0 saturated heterocycles. The van der Waals surface area contributed by atoms with Crippen molar-refractivity contribution in [2.75, 3.05) is 12.1 Å². The predicted molar refractivity (Wildman–Crippen MR) is 82.7 cm³/mol. The van der Waals surface area contributed by atoms with Gasteiger partial charge in [-0.25, -0.2) is 4.39 Å². The van der Waals surface area contributed by atoms with Gasteiger partial charge in [0.15, 0.2) is 17.6 Å². The number of nitrogens with one attached hydrogen (secondary N) is 1. The molecule has 0 aromatic heterocycles. The van der Waals surface area contributed by atoms with E-state index >= 15 is 0 Å². The first-order valence-corrected chi connectivity index (χ1v) is 7.23. The summed E-state index contributed by atoms with van der Waals surface area (Å²) in [4.78, 5) is 12.1. The molecule has 23 heavy (non-hydrogen) atoms. The highest BCUT2D eigenvalue weighted by atomic mass is 35.5. The van der Waals surface area contributed by atoms with E-state index in [4.69, 9.17) is 25.8 Å². The molecule has 1 amide bonds. The zero-order valence-electron chi connectivity index (χ0n) is 12.1. The average Bonchev–Trinajstić information content (AvgIpc) is 2.97. The van der Waals surface area contributed by atoms with Gasteiger partial charge >= 0.3 is 0 Å². The monoisotopic (exact) mass is 337 g/mol. The molecule has 0 fully saturated rings. The number of hydrogen-bond donors (Lipinski definition) is 1. The molecule has 5 nitrogen and oxygen atoms in total. The molecular weight excluding hydrogens is 325 g/mol. The van der Waals surface area contributed by atoms with Crippen LogP contribution in [0.3, 0.4) is 0 Å². The molecule has 0 radical (unpaired) electrons. The number of hydrogen-bond acceptors (Lipinski definition) is 4. The lowest BCUT2D eigenvalue weighted by Crippen LogP contribution is -2.30. The van der Waals surface area contributed by atoms with Gasteiger partial charge in [-0.1, -0.05) is 11.6 Å². The Balaban J connectivity index is 1.65. The quantitative estimate of drug-likeness (QED) is 0.926. The van der Waals surface area contributed by atoms with Crippen LogP contribution in [0.25, 0.3) is 0 Å². The van der Waals surface area contributed by atoms with Gasteiger partial charge in [0.05, 0.1) is 10.7 Å². The van der Waals surface area contributed by atoms with E-state index < -0.39 is 17.8 Å². The molecule has 1 aliphatic heterocycles. The van der Waals surface area contributed by atoms with E-state index in [1.807, 2.05) is 0 Å². The van der Waals surface area contributed by atoms with E-state index in [0.717, 1.165) is 6.07 Å². The van der Waals surface area contributed by atoms with Crippen molar-refractivity contribution in [2.45, 2.75) is 13.0 Å². The summed E-state index contributed by atoms with van der Waals surface area (Å²) < 4.78 is 29.0. The standard InChI is InChI=1S/C16H13ClFNO4/c1-9(16(20)19-13-4-2-10(18)6-12(13)17)23-11-3-5-14-15(7-11)22-8-21-14/h2-7,9H,8H2,1H3,(H,19,20)/t9-/m1/s1. The maximum atomic E-state index is 13.0. The van der Waals surface area contributed by atoms with Crippen LogP contribution in [0.1, 0.15) is 6.92 Å². The Morgan fingerprint density at radius 1 is 1.26 bits per heavy atom. The van der Waals surface area contributed by atoms with Gasteiger partial charge < -0.3 is 19.5 Å². The van der Waals surface area contributed by atoms with Crippen molar-refractivity contribution in [1.82, 2.24) is 0 Å². The van der Waals surface area contributed by atoms with Gasteiger partial charge in [0, 0.05) is 6.07 Å². The topological polar surface area (TPSA) is 56.8 Å². The Hall–Kier alpha value is -2.47. The fourth-order valence-corrected chi connectivity index (χ4v) is 2.25. The number of halogens is 2. The predicted octanol–water partition coefficient (Wildman–Crippen LogP) is 3.61. The summed E-state index contributed by atoms with van der Waals surface area (Å²) in [7, 11) is 0. The van der Waals surface area contributed by atoms with Gasteiger partial charge in [-0.05, 0) is 37.3 Å². The van der Waals surface area contributed by atoms with Crippen LogP contribution in [0.4, 0.5) is 10.1 Å². The van der Waals surface area contributed by atoms with Crippen molar-refractivity contribution in [3.8, 4) is 17.2 Å². The third-order valence-corrected chi connectivity index (χ3v) is 3.53. The Bertz CT molecular complexity index is 753. The number of rotatable bonds is 4. The zero-order valence-corrected chi connectivity index (χ0v) is 12.9. The molecule has 1 heterocycles. The van der Waals surface area contributed by atoms with Crippen molar-refractivity contribution < 1.29 is 23.4 Å². The van der Waals surface area contributed by atoms with Gasteiger partial charge in [0.25, 0.3) is 5.91 Å². The fourth-order valence-electron chi connectivity index (χ4n) is 2.03. The third kappa shape index (κ3) is 3.48. The van der Waals surface area contributed by atoms with Crippen LogP contribution in [0.15, 0.2) is 36.4 Å². The Morgan fingerprint density at radius 3 is 2.83 bits per heavy atom. The highest BCUT2D eigenvalue weighted by Gasteiger charge is 2.19. The molecule has 7 heteroatoms. The van der Waals surface area contributed by atoms with Crippen molar-refractivity contribution in [2.24, 2.45) is 0 Å². The first-order chi connectivity index (χ1) is 11.0. The number of ether oxygens (including phenoxy) is 3. The van der Waals surface area contributed by atoms with Crippen LogP contribution in [-0.2, 0) is 4.79 Å². The van der Waals surface area contributed by atoms with E-state index in [2.05, 4.69) is 5.32 Å². The lowest BCUT2D eigenvalue weighted by Gasteiger charge is -2.15. The Labute approximate surface area is 136 Å². The summed E-state index contributed by atoms with van der Waals surface area (Å²) >= 11 is 5.88. The van der Waals surface area contributed by atoms with Crippen molar-refractivity contribution >= 4 is 23.2 Å². The minimum Gasteiger partial charge on any atom is -0.481 e. The molecule has 1 N–H and O–H groups in total. The number of anilines is 1. The molecule has 0 saturated carbocycles. The van der Waals surface area contributed by atoms with E-state index in [-0.39, 0.29) is 11.8 Å². The largest absolute Gasteiger partial charge is 0.481 e. The number of carbonyl (C=O) groups excluding carboxylic acids is 1. The van der Waals surface area contributed by atoms with Crippen LogP contribution >= 0.6 is 11.6 Å². The summed E-state index contributed by atoms with van der Waals surface area (Å²) in [6.45, 7) is 1.76. The average molecular weight is 338 g/mol. The van der Waals surface area contributed by atoms with Gasteiger partial charge in [-0.3, -0.25) is 4.79 Å². The molecule has 1 aliphatic rings. The normalized spacial score (nSPS) is 13.5. The molecule has 3 rings (SSSR count). The van der Waals surface area contributed by atoms with E-state index in [1.165, 1.54) is 12.1 Å². The highest BCUT2D eigenvalue weighted by molar-refractivity contribution is 6.33. The van der Waals surface area contributed by atoms with Crippen LogP contribution in [-0.4, -0.2) is 18.8 Å². The summed E-state index contributed by atoms with van der Waals surface area (Å²) in [5.74, 6) is 0.792. The van der Waals surface area contributed by atoms with Gasteiger partial charge in [-0.2, -0.15) is 0 Å². The SMILES string of the molecule is C[C@@H](Oc1ccc2c(c1)OCO2)C(=O)Nc1ccc(F)cc1Cl. The molecule has 120 valence electrons. The van der Waals surface area contributed by atoms with Gasteiger partial charge in [0.2, 0.25) is 6.79 Å². The molecule has 0 spiro atoms. The lowest BCUT2D eigenvalue weighted by molar-refractivity contribution is -0.122. The number of fused-ring (bicyclic) bond motifs is 1. The molecule has 2 aromatic carbocycles. The number of benzene rings is 2. The summed E-state index contributed by atoms with van der Waals surface area (Å²) in [5, 5.41) is 2.71. The fraction of sp³-hybridized carbons (Fsp3) is 0.188. The molecule has 0 bridgehead atoms. The first kappa shape index (κ1) is 15.4. The third-order valence-electron chi connectivity index (χ3n) is 3.22. The van der Waals surface area contributed by atoms with E-state index in [0.29, 0.717) is 22.9 Å². The minimum absolute atomic E-state index is 0.119. The molecule has 0 aliphatic carbocycles.